The van der Waals surface area contributed by atoms with Crippen molar-refractivity contribution < 1.29 is 4.42 Å². The van der Waals surface area contributed by atoms with Crippen molar-refractivity contribution >= 4 is 0 Å². The molecule has 4 heteroatoms. The van der Waals surface area contributed by atoms with E-state index in [0.29, 0.717) is 6.54 Å². The molecule has 0 radical (unpaired) electrons. The van der Waals surface area contributed by atoms with Crippen LogP contribution in [-0.4, -0.2) is 42.5 Å². The summed E-state index contributed by atoms with van der Waals surface area (Å²) in [5, 5.41) is 0. The summed E-state index contributed by atoms with van der Waals surface area (Å²) in [6.45, 7) is 7.48. The number of furan rings is 1. The number of nitrogens with zero attached hydrogens (tertiary/aromatic N) is 2. The Balaban J connectivity index is 1.44. The Hall–Kier alpha value is -0.840. The molecule has 1 saturated carbocycles. The fourth-order valence-corrected chi connectivity index (χ4v) is 2.63. The van der Waals surface area contributed by atoms with E-state index in [0.717, 1.165) is 37.1 Å². The van der Waals surface area contributed by atoms with E-state index in [1.165, 1.54) is 32.5 Å². The molecule has 100 valence electrons. The monoisotopic (exact) mass is 249 g/mol. The van der Waals surface area contributed by atoms with E-state index in [1.54, 1.807) is 0 Å². The molecule has 2 heterocycles. The number of nitrogens with two attached hydrogens (primary N) is 1. The Labute approximate surface area is 109 Å². The van der Waals surface area contributed by atoms with Crippen molar-refractivity contribution in [3.8, 4) is 0 Å². The van der Waals surface area contributed by atoms with Gasteiger partial charge in [-0.25, -0.2) is 0 Å². The highest BCUT2D eigenvalue weighted by molar-refractivity contribution is 5.06. The van der Waals surface area contributed by atoms with E-state index in [4.69, 9.17) is 10.2 Å². The Bertz CT molecular complexity index is 378. The van der Waals surface area contributed by atoms with Crippen LogP contribution in [0, 0.1) is 5.92 Å². The molecule has 2 aliphatic rings. The largest absolute Gasteiger partial charge is 0.463 e. The zero-order valence-corrected chi connectivity index (χ0v) is 11.0. The molecule has 18 heavy (non-hydrogen) atoms. The lowest BCUT2D eigenvalue weighted by Gasteiger charge is -2.34. The lowest BCUT2D eigenvalue weighted by molar-refractivity contribution is 0.117. The highest BCUT2D eigenvalue weighted by Gasteiger charge is 2.26. The molecule has 1 aromatic heterocycles. The lowest BCUT2D eigenvalue weighted by Crippen LogP contribution is -2.46. The van der Waals surface area contributed by atoms with Crippen molar-refractivity contribution in [2.24, 2.45) is 11.7 Å². The number of hydrogen-bond donors (Lipinski definition) is 1. The van der Waals surface area contributed by atoms with E-state index in [1.807, 2.05) is 6.07 Å². The van der Waals surface area contributed by atoms with Gasteiger partial charge in [-0.15, -0.1) is 0 Å². The molecule has 0 bridgehead atoms. The van der Waals surface area contributed by atoms with Crippen LogP contribution >= 0.6 is 0 Å². The number of piperazine rings is 1. The van der Waals surface area contributed by atoms with Gasteiger partial charge in [0.25, 0.3) is 0 Å². The minimum Gasteiger partial charge on any atom is -0.463 e. The molecule has 0 spiro atoms. The summed E-state index contributed by atoms with van der Waals surface area (Å²) in [6.07, 6.45) is 2.91. The second-order valence-corrected chi connectivity index (χ2v) is 5.59. The van der Waals surface area contributed by atoms with Crippen molar-refractivity contribution in [2.75, 3.05) is 32.7 Å². The summed E-state index contributed by atoms with van der Waals surface area (Å²) in [5.74, 6) is 2.94. The predicted octanol–water partition coefficient (Wildman–Crippen LogP) is 1.27. The van der Waals surface area contributed by atoms with E-state index < -0.39 is 0 Å². The maximum absolute atomic E-state index is 5.66. The lowest BCUT2D eigenvalue weighted by atomic mass is 10.2. The molecule has 1 aliphatic carbocycles. The van der Waals surface area contributed by atoms with Crippen molar-refractivity contribution in [3.05, 3.63) is 23.7 Å². The molecule has 2 N–H and O–H groups in total. The van der Waals surface area contributed by atoms with Crippen LogP contribution in [-0.2, 0) is 13.1 Å². The fraction of sp³-hybridized carbons (Fsp3) is 0.714. The Kier molecular flexibility index (Phi) is 3.68. The van der Waals surface area contributed by atoms with Crippen LogP contribution in [0.25, 0.3) is 0 Å². The fourth-order valence-electron chi connectivity index (χ4n) is 2.63. The number of hydrogen-bond acceptors (Lipinski definition) is 4. The first kappa shape index (κ1) is 12.2. The molecular weight excluding hydrogens is 226 g/mol. The minimum atomic E-state index is 0.495. The molecule has 0 aromatic carbocycles. The van der Waals surface area contributed by atoms with Gasteiger partial charge in [-0.1, -0.05) is 0 Å². The highest BCUT2D eigenvalue weighted by atomic mass is 16.3. The van der Waals surface area contributed by atoms with Crippen LogP contribution < -0.4 is 5.73 Å². The predicted molar refractivity (Wildman–Crippen MR) is 71.0 cm³/mol. The van der Waals surface area contributed by atoms with Crippen LogP contribution in [0.5, 0.6) is 0 Å². The summed E-state index contributed by atoms with van der Waals surface area (Å²) >= 11 is 0. The first-order valence-corrected chi connectivity index (χ1v) is 7.06. The van der Waals surface area contributed by atoms with Crippen LogP contribution in [0.2, 0.25) is 0 Å². The van der Waals surface area contributed by atoms with Crippen molar-refractivity contribution in [2.45, 2.75) is 25.9 Å². The van der Waals surface area contributed by atoms with Gasteiger partial charge in [-0.05, 0) is 30.9 Å². The van der Waals surface area contributed by atoms with Crippen LogP contribution in [0.3, 0.4) is 0 Å². The third-order valence-electron chi connectivity index (χ3n) is 3.98. The summed E-state index contributed by atoms with van der Waals surface area (Å²) in [5.41, 5.74) is 5.55. The van der Waals surface area contributed by atoms with Gasteiger partial charge in [0.2, 0.25) is 0 Å². The maximum Gasteiger partial charge on any atom is 0.118 e. The van der Waals surface area contributed by atoms with E-state index in [9.17, 15) is 0 Å². The normalized spacial score (nSPS) is 22.5. The third-order valence-corrected chi connectivity index (χ3v) is 3.98. The first-order valence-electron chi connectivity index (χ1n) is 7.06. The molecule has 0 atom stereocenters. The Morgan fingerprint density at radius 2 is 1.72 bits per heavy atom. The quantitative estimate of drug-likeness (QED) is 0.853. The van der Waals surface area contributed by atoms with Crippen LogP contribution in [0.4, 0.5) is 0 Å². The summed E-state index contributed by atoms with van der Waals surface area (Å²) in [6, 6.07) is 4.04. The van der Waals surface area contributed by atoms with E-state index in [2.05, 4.69) is 15.9 Å². The second kappa shape index (κ2) is 5.43. The first-order chi connectivity index (χ1) is 8.83. The van der Waals surface area contributed by atoms with Gasteiger partial charge in [0.15, 0.2) is 0 Å². The van der Waals surface area contributed by atoms with Gasteiger partial charge in [-0.3, -0.25) is 4.90 Å². The van der Waals surface area contributed by atoms with Crippen molar-refractivity contribution in [3.63, 3.8) is 0 Å². The van der Waals surface area contributed by atoms with Gasteiger partial charge in [0, 0.05) is 32.7 Å². The van der Waals surface area contributed by atoms with E-state index in [-0.39, 0.29) is 0 Å². The van der Waals surface area contributed by atoms with Gasteiger partial charge >= 0.3 is 0 Å². The molecular formula is C14H23N3O. The Morgan fingerprint density at radius 3 is 2.33 bits per heavy atom. The molecule has 0 unspecified atom stereocenters. The van der Waals surface area contributed by atoms with E-state index >= 15 is 0 Å². The Morgan fingerprint density at radius 1 is 1.06 bits per heavy atom. The average molecular weight is 249 g/mol. The van der Waals surface area contributed by atoms with Gasteiger partial charge in [0.1, 0.15) is 11.5 Å². The standard InChI is InChI=1S/C14H23N3O/c15-9-13-3-4-14(18-13)11-17-7-5-16(6-8-17)10-12-1-2-12/h3-4,12H,1-2,5-11,15H2. The summed E-state index contributed by atoms with van der Waals surface area (Å²) < 4.78 is 5.66. The zero-order valence-electron chi connectivity index (χ0n) is 11.0. The summed E-state index contributed by atoms with van der Waals surface area (Å²) in [4.78, 5) is 5.09. The second-order valence-electron chi connectivity index (χ2n) is 5.59. The molecule has 0 amide bonds. The molecule has 4 nitrogen and oxygen atoms in total. The topological polar surface area (TPSA) is 45.6 Å². The van der Waals surface area contributed by atoms with Crippen molar-refractivity contribution in [1.82, 2.24) is 9.80 Å². The summed E-state index contributed by atoms with van der Waals surface area (Å²) in [7, 11) is 0. The molecule has 3 rings (SSSR count). The van der Waals surface area contributed by atoms with Crippen molar-refractivity contribution in [1.29, 1.82) is 0 Å². The van der Waals surface area contributed by atoms with Crippen LogP contribution in [0.1, 0.15) is 24.4 Å². The maximum atomic E-state index is 5.66. The van der Waals surface area contributed by atoms with Gasteiger partial charge in [0.05, 0.1) is 13.1 Å². The number of rotatable bonds is 5. The highest BCUT2D eigenvalue weighted by Crippen LogP contribution is 2.29. The van der Waals surface area contributed by atoms with Crippen LogP contribution in [0.15, 0.2) is 16.5 Å². The average Bonchev–Trinajstić information content (AvgIpc) is 3.09. The molecule has 1 aliphatic heterocycles. The molecule has 2 fully saturated rings. The SMILES string of the molecule is NCc1ccc(CN2CCN(CC3CC3)CC2)o1. The van der Waals surface area contributed by atoms with Gasteiger partial charge in [-0.2, -0.15) is 0 Å². The zero-order chi connectivity index (χ0) is 12.4. The molecule has 1 saturated heterocycles. The molecule has 1 aromatic rings. The van der Waals surface area contributed by atoms with Gasteiger partial charge < -0.3 is 15.1 Å². The third kappa shape index (κ3) is 3.13. The minimum absolute atomic E-state index is 0.495. The smallest absolute Gasteiger partial charge is 0.118 e.